The third kappa shape index (κ3) is 6.09. The normalized spacial score (nSPS) is 14.3. The molecule has 166 valence electrons. The summed E-state index contributed by atoms with van der Waals surface area (Å²) in [5.41, 5.74) is 1.95. The van der Waals surface area contributed by atoms with Crippen LogP contribution in [-0.4, -0.2) is 55.8 Å². The fourth-order valence-corrected chi connectivity index (χ4v) is 4.86. The molecule has 1 heterocycles. The van der Waals surface area contributed by atoms with Crippen LogP contribution in [0, 0.1) is 0 Å². The molecule has 7 nitrogen and oxygen atoms in total. The van der Waals surface area contributed by atoms with Gasteiger partial charge in [0.2, 0.25) is 21.8 Å². The van der Waals surface area contributed by atoms with Gasteiger partial charge in [-0.05, 0) is 48.1 Å². The van der Waals surface area contributed by atoms with Gasteiger partial charge in [0, 0.05) is 38.0 Å². The first kappa shape index (κ1) is 23.3. The Bertz CT molecular complexity index is 1020. The monoisotopic (exact) mass is 461 g/mol. The molecule has 3 rings (SSSR count). The van der Waals surface area contributed by atoms with Crippen LogP contribution in [0.1, 0.15) is 24.0 Å². The highest BCUT2D eigenvalue weighted by Gasteiger charge is 2.23. The molecular formula is C22H27N3O4S2. The zero-order chi connectivity index (χ0) is 22.4. The van der Waals surface area contributed by atoms with Gasteiger partial charge in [0.05, 0.1) is 11.4 Å². The molecule has 1 fully saturated rings. The maximum atomic E-state index is 12.7. The lowest BCUT2D eigenvalue weighted by molar-refractivity contribution is -0.128. The van der Waals surface area contributed by atoms with Gasteiger partial charge in [-0.3, -0.25) is 9.59 Å². The second kappa shape index (κ2) is 10.3. The number of likely N-dealkylation sites (tertiary alicyclic amines) is 1. The molecule has 1 N–H and O–H groups in total. The molecule has 1 saturated heterocycles. The van der Waals surface area contributed by atoms with Crippen LogP contribution in [0.3, 0.4) is 0 Å². The predicted octanol–water partition coefficient (Wildman–Crippen LogP) is 2.47. The summed E-state index contributed by atoms with van der Waals surface area (Å²) in [6.45, 7) is 1.45. The maximum absolute atomic E-state index is 12.7. The van der Waals surface area contributed by atoms with Crippen molar-refractivity contribution in [3.63, 3.8) is 0 Å². The van der Waals surface area contributed by atoms with Crippen LogP contribution in [0.15, 0.2) is 58.3 Å². The molecule has 0 saturated carbocycles. The van der Waals surface area contributed by atoms with E-state index in [4.69, 9.17) is 0 Å². The molecule has 0 radical (unpaired) electrons. The van der Waals surface area contributed by atoms with E-state index in [-0.39, 0.29) is 23.3 Å². The zero-order valence-electron chi connectivity index (χ0n) is 17.7. The maximum Gasteiger partial charge on any atom is 0.243 e. The third-order valence-corrected chi connectivity index (χ3v) is 7.75. The van der Waals surface area contributed by atoms with E-state index in [9.17, 15) is 18.0 Å². The van der Waals surface area contributed by atoms with E-state index in [1.807, 2.05) is 35.4 Å². The topological polar surface area (TPSA) is 86.8 Å². The predicted molar refractivity (Wildman–Crippen MR) is 121 cm³/mol. The van der Waals surface area contributed by atoms with Crippen LogP contribution in [-0.2, 0) is 32.7 Å². The molecule has 2 amide bonds. The van der Waals surface area contributed by atoms with Crippen molar-refractivity contribution in [3.8, 4) is 0 Å². The smallest absolute Gasteiger partial charge is 0.243 e. The van der Waals surface area contributed by atoms with E-state index in [2.05, 4.69) is 5.32 Å². The molecule has 0 atom stereocenters. The molecule has 0 aromatic heterocycles. The number of sulfonamides is 1. The minimum atomic E-state index is -3.73. The van der Waals surface area contributed by atoms with E-state index in [1.54, 1.807) is 24.3 Å². The van der Waals surface area contributed by atoms with Gasteiger partial charge in [-0.15, -0.1) is 11.8 Å². The number of nitrogens with zero attached hydrogens (tertiary/aromatic N) is 2. The van der Waals surface area contributed by atoms with Crippen molar-refractivity contribution >= 4 is 33.6 Å². The summed E-state index contributed by atoms with van der Waals surface area (Å²) in [4.78, 5) is 27.0. The van der Waals surface area contributed by atoms with Gasteiger partial charge in [0.1, 0.15) is 0 Å². The number of carbonyl (C=O) groups is 2. The standard InChI is InChI=1S/C22H27N3O4S2/c1-24(31(28,29)20-11-9-19(30-2)10-12-20)16-21(26)23-14-17-5-7-18(8-6-17)15-25-13-3-4-22(25)27/h5-12H,3-4,13-16H2,1-2H3,(H,23,26). The second-order valence-electron chi connectivity index (χ2n) is 7.45. The first-order valence-corrected chi connectivity index (χ1v) is 12.7. The van der Waals surface area contributed by atoms with Crippen molar-refractivity contribution < 1.29 is 18.0 Å². The highest BCUT2D eigenvalue weighted by Crippen LogP contribution is 2.20. The Hall–Kier alpha value is -2.36. The minimum Gasteiger partial charge on any atom is -0.351 e. The number of rotatable bonds is 9. The van der Waals surface area contributed by atoms with Gasteiger partial charge in [-0.1, -0.05) is 24.3 Å². The Balaban J connectivity index is 1.50. The van der Waals surface area contributed by atoms with Crippen LogP contribution in [0.2, 0.25) is 0 Å². The fraction of sp³-hybridized carbons (Fsp3) is 0.364. The largest absolute Gasteiger partial charge is 0.351 e. The molecule has 1 aliphatic rings. The number of likely N-dealkylation sites (N-methyl/N-ethyl adjacent to an activating group) is 1. The van der Waals surface area contributed by atoms with E-state index in [0.29, 0.717) is 19.5 Å². The van der Waals surface area contributed by atoms with Crippen LogP contribution in [0.4, 0.5) is 0 Å². The lowest BCUT2D eigenvalue weighted by Gasteiger charge is -2.17. The van der Waals surface area contributed by atoms with Crippen molar-refractivity contribution in [2.24, 2.45) is 0 Å². The van der Waals surface area contributed by atoms with Gasteiger partial charge < -0.3 is 10.2 Å². The van der Waals surface area contributed by atoms with Gasteiger partial charge in [-0.25, -0.2) is 8.42 Å². The Morgan fingerprint density at radius 3 is 2.32 bits per heavy atom. The summed E-state index contributed by atoms with van der Waals surface area (Å²) in [6.07, 6.45) is 3.45. The number of thioether (sulfide) groups is 1. The molecule has 0 aliphatic carbocycles. The average Bonchev–Trinajstić information content (AvgIpc) is 3.17. The quantitative estimate of drug-likeness (QED) is 0.580. The Morgan fingerprint density at radius 2 is 1.74 bits per heavy atom. The number of hydrogen-bond acceptors (Lipinski definition) is 5. The van der Waals surface area contributed by atoms with Crippen molar-refractivity contribution in [1.82, 2.24) is 14.5 Å². The number of amides is 2. The molecule has 9 heteroatoms. The van der Waals surface area contributed by atoms with Crippen LogP contribution >= 0.6 is 11.8 Å². The van der Waals surface area contributed by atoms with Crippen molar-refractivity contribution in [3.05, 3.63) is 59.7 Å². The van der Waals surface area contributed by atoms with Crippen molar-refractivity contribution in [2.45, 2.75) is 35.7 Å². The molecule has 0 unspecified atom stereocenters. The second-order valence-corrected chi connectivity index (χ2v) is 10.4. The zero-order valence-corrected chi connectivity index (χ0v) is 19.3. The van der Waals surface area contributed by atoms with Crippen molar-refractivity contribution in [2.75, 3.05) is 26.4 Å². The Morgan fingerprint density at radius 1 is 1.10 bits per heavy atom. The average molecular weight is 462 g/mol. The van der Waals surface area contributed by atoms with E-state index >= 15 is 0 Å². The number of nitrogens with one attached hydrogen (secondary N) is 1. The Labute approximate surface area is 187 Å². The molecular weight excluding hydrogens is 434 g/mol. The molecule has 1 aliphatic heterocycles. The van der Waals surface area contributed by atoms with Crippen LogP contribution < -0.4 is 5.32 Å². The molecule has 0 bridgehead atoms. The summed E-state index contributed by atoms with van der Waals surface area (Å²) in [7, 11) is -2.34. The van der Waals surface area contributed by atoms with Gasteiger partial charge >= 0.3 is 0 Å². The lowest BCUT2D eigenvalue weighted by atomic mass is 10.1. The summed E-state index contributed by atoms with van der Waals surface area (Å²) in [5.74, 6) is -0.186. The third-order valence-electron chi connectivity index (χ3n) is 5.19. The highest BCUT2D eigenvalue weighted by atomic mass is 32.2. The number of hydrogen-bond donors (Lipinski definition) is 1. The van der Waals surface area contributed by atoms with Crippen LogP contribution in [0.25, 0.3) is 0 Å². The number of carbonyl (C=O) groups excluding carboxylic acids is 2. The van der Waals surface area contributed by atoms with Gasteiger partial charge in [0.25, 0.3) is 0 Å². The first-order chi connectivity index (χ1) is 14.8. The van der Waals surface area contributed by atoms with E-state index in [0.717, 1.165) is 33.3 Å². The number of benzene rings is 2. The minimum absolute atomic E-state index is 0.160. The summed E-state index contributed by atoms with van der Waals surface area (Å²) >= 11 is 1.53. The fourth-order valence-electron chi connectivity index (χ4n) is 3.33. The first-order valence-electron chi connectivity index (χ1n) is 10.0. The lowest BCUT2D eigenvalue weighted by Crippen LogP contribution is -2.38. The Kier molecular flexibility index (Phi) is 7.74. The molecule has 31 heavy (non-hydrogen) atoms. The highest BCUT2D eigenvalue weighted by molar-refractivity contribution is 7.98. The molecule has 2 aromatic rings. The SMILES string of the molecule is CSc1ccc(S(=O)(=O)N(C)CC(=O)NCc2ccc(CN3CCCC3=O)cc2)cc1. The summed E-state index contributed by atoms with van der Waals surface area (Å²) < 4.78 is 26.4. The molecule has 0 spiro atoms. The van der Waals surface area contributed by atoms with Gasteiger partial charge in [-0.2, -0.15) is 4.31 Å². The van der Waals surface area contributed by atoms with Crippen LogP contribution in [0.5, 0.6) is 0 Å². The summed E-state index contributed by atoms with van der Waals surface area (Å²) in [5, 5.41) is 2.76. The van der Waals surface area contributed by atoms with Crippen molar-refractivity contribution in [1.29, 1.82) is 0 Å². The van der Waals surface area contributed by atoms with E-state index in [1.165, 1.54) is 18.8 Å². The van der Waals surface area contributed by atoms with E-state index < -0.39 is 10.0 Å². The van der Waals surface area contributed by atoms with Gasteiger partial charge in [0.15, 0.2) is 0 Å². The summed E-state index contributed by atoms with van der Waals surface area (Å²) in [6, 6.07) is 14.3. The molecule has 2 aromatic carbocycles.